The quantitative estimate of drug-likeness (QED) is 0.443. The van der Waals surface area contributed by atoms with E-state index < -0.39 is 0 Å². The van der Waals surface area contributed by atoms with Crippen molar-refractivity contribution in [1.82, 2.24) is 0 Å². The van der Waals surface area contributed by atoms with Crippen molar-refractivity contribution in [2.24, 2.45) is 0 Å². The number of nitrogens with one attached hydrogen (secondary N) is 1. The Hall–Kier alpha value is -3.27. The molecule has 0 aliphatic rings. The zero-order chi connectivity index (χ0) is 19.5. The number of ether oxygens (including phenoxy) is 1. The highest BCUT2D eigenvalue weighted by Gasteiger charge is 2.09. The maximum Gasteiger partial charge on any atom is 0.262 e. The van der Waals surface area contributed by atoms with Gasteiger partial charge in [0.15, 0.2) is 6.61 Å². The molecule has 0 aliphatic carbocycles. The second kappa shape index (κ2) is 7.77. The average Bonchev–Trinajstić information content (AvgIpc) is 3.10. The fraction of sp³-hybridized carbons (Fsp3) is 0.208. The summed E-state index contributed by atoms with van der Waals surface area (Å²) in [7, 11) is 0. The number of fused-ring (bicyclic) bond motifs is 3. The molecule has 4 nitrogen and oxygen atoms in total. The molecule has 0 unspecified atom stereocenters. The van der Waals surface area contributed by atoms with Gasteiger partial charge in [0.05, 0.1) is 0 Å². The lowest BCUT2D eigenvalue weighted by molar-refractivity contribution is -0.118. The number of benzene rings is 3. The molecule has 0 radical (unpaired) electrons. The van der Waals surface area contributed by atoms with Gasteiger partial charge < -0.3 is 14.5 Å². The number of amides is 1. The molecule has 1 heterocycles. The summed E-state index contributed by atoms with van der Waals surface area (Å²) in [6, 6.07) is 21.5. The van der Waals surface area contributed by atoms with E-state index >= 15 is 0 Å². The van der Waals surface area contributed by atoms with Crippen LogP contribution >= 0.6 is 0 Å². The predicted octanol–water partition coefficient (Wildman–Crippen LogP) is 6.12. The van der Waals surface area contributed by atoms with Gasteiger partial charge in [-0.25, -0.2) is 0 Å². The minimum Gasteiger partial charge on any atom is -0.484 e. The highest BCUT2D eigenvalue weighted by molar-refractivity contribution is 6.06. The maximum atomic E-state index is 12.2. The third-order valence-corrected chi connectivity index (χ3v) is 5.09. The number of furan rings is 1. The number of anilines is 1. The van der Waals surface area contributed by atoms with E-state index in [0.717, 1.165) is 28.4 Å². The van der Waals surface area contributed by atoms with Crippen LogP contribution in [0, 0.1) is 0 Å². The predicted molar refractivity (Wildman–Crippen MR) is 113 cm³/mol. The molecule has 1 amide bonds. The van der Waals surface area contributed by atoms with Crippen LogP contribution in [0.5, 0.6) is 5.75 Å². The van der Waals surface area contributed by atoms with Gasteiger partial charge in [-0.1, -0.05) is 44.2 Å². The van der Waals surface area contributed by atoms with Gasteiger partial charge in [0.2, 0.25) is 0 Å². The lowest BCUT2D eigenvalue weighted by Crippen LogP contribution is -2.20. The molecule has 0 bridgehead atoms. The van der Waals surface area contributed by atoms with Gasteiger partial charge in [0.1, 0.15) is 16.9 Å². The van der Waals surface area contributed by atoms with Gasteiger partial charge in [0, 0.05) is 22.5 Å². The minimum absolute atomic E-state index is 0.0408. The number of rotatable bonds is 6. The maximum absolute atomic E-state index is 12.2. The summed E-state index contributed by atoms with van der Waals surface area (Å²) < 4.78 is 11.5. The van der Waals surface area contributed by atoms with E-state index in [0.29, 0.717) is 17.4 Å². The Morgan fingerprint density at radius 1 is 1.00 bits per heavy atom. The van der Waals surface area contributed by atoms with E-state index in [9.17, 15) is 4.79 Å². The number of carbonyl (C=O) groups is 1. The minimum atomic E-state index is -0.207. The third-order valence-electron chi connectivity index (χ3n) is 5.09. The topological polar surface area (TPSA) is 51.5 Å². The third kappa shape index (κ3) is 3.72. The molecule has 28 heavy (non-hydrogen) atoms. The molecule has 4 heteroatoms. The van der Waals surface area contributed by atoms with Gasteiger partial charge in [-0.15, -0.1) is 0 Å². The second-order valence-corrected chi connectivity index (χ2v) is 7.02. The Morgan fingerprint density at radius 3 is 2.54 bits per heavy atom. The lowest BCUT2D eigenvalue weighted by atomic mass is 9.99. The first kappa shape index (κ1) is 18.1. The molecule has 3 aromatic carbocycles. The van der Waals surface area contributed by atoms with Crippen LogP contribution < -0.4 is 10.1 Å². The van der Waals surface area contributed by atoms with E-state index in [1.54, 1.807) is 0 Å². The first-order chi connectivity index (χ1) is 13.6. The standard InChI is InChI=1S/C24H23NO3/c1-3-16(2)17-8-11-19(12-9-17)27-15-24(26)25-18-10-13-21-20-6-4-5-7-22(20)28-23(21)14-18/h4-14,16H,3,15H2,1-2H3,(H,25,26)/t16-/m1/s1. The summed E-state index contributed by atoms with van der Waals surface area (Å²) in [5, 5.41) is 4.97. The van der Waals surface area contributed by atoms with Crippen molar-refractivity contribution in [2.45, 2.75) is 26.2 Å². The van der Waals surface area contributed by atoms with Crippen LogP contribution in [0.4, 0.5) is 5.69 Å². The highest BCUT2D eigenvalue weighted by atomic mass is 16.5. The first-order valence-electron chi connectivity index (χ1n) is 9.58. The summed E-state index contributed by atoms with van der Waals surface area (Å²) in [5.74, 6) is 1.00. The smallest absolute Gasteiger partial charge is 0.262 e. The zero-order valence-corrected chi connectivity index (χ0v) is 16.1. The van der Waals surface area contributed by atoms with E-state index in [2.05, 4.69) is 31.3 Å². The van der Waals surface area contributed by atoms with Gasteiger partial charge >= 0.3 is 0 Å². The number of hydrogen-bond acceptors (Lipinski definition) is 3. The summed E-state index contributed by atoms with van der Waals surface area (Å²) in [6.45, 7) is 4.32. The van der Waals surface area contributed by atoms with Gasteiger partial charge in [-0.05, 0) is 48.2 Å². The largest absolute Gasteiger partial charge is 0.484 e. The van der Waals surface area contributed by atoms with Crippen molar-refractivity contribution in [3.8, 4) is 5.75 Å². The molecular weight excluding hydrogens is 350 g/mol. The molecule has 4 rings (SSSR count). The van der Waals surface area contributed by atoms with Crippen LogP contribution in [0.3, 0.4) is 0 Å². The Morgan fingerprint density at radius 2 is 1.75 bits per heavy atom. The zero-order valence-electron chi connectivity index (χ0n) is 16.1. The fourth-order valence-electron chi connectivity index (χ4n) is 3.28. The molecule has 0 spiro atoms. The van der Waals surface area contributed by atoms with Crippen molar-refractivity contribution >= 4 is 33.5 Å². The summed E-state index contributed by atoms with van der Waals surface area (Å²) in [6.07, 6.45) is 1.10. The molecule has 1 aromatic heterocycles. The van der Waals surface area contributed by atoms with E-state index in [-0.39, 0.29) is 12.5 Å². The highest BCUT2D eigenvalue weighted by Crippen LogP contribution is 2.30. The fourth-order valence-corrected chi connectivity index (χ4v) is 3.28. The molecular formula is C24H23NO3. The number of para-hydroxylation sites is 1. The molecule has 142 valence electrons. The normalized spacial score (nSPS) is 12.2. The van der Waals surface area contributed by atoms with Gasteiger partial charge in [-0.2, -0.15) is 0 Å². The monoisotopic (exact) mass is 373 g/mol. The molecule has 1 N–H and O–H groups in total. The van der Waals surface area contributed by atoms with E-state index in [1.165, 1.54) is 5.56 Å². The van der Waals surface area contributed by atoms with E-state index in [1.807, 2.05) is 54.6 Å². The second-order valence-electron chi connectivity index (χ2n) is 7.02. The van der Waals surface area contributed by atoms with E-state index in [4.69, 9.17) is 9.15 Å². The SMILES string of the molecule is CC[C@@H](C)c1ccc(OCC(=O)Nc2ccc3c(c2)oc2ccccc23)cc1. The van der Waals surface area contributed by atoms with Crippen molar-refractivity contribution < 1.29 is 13.9 Å². The van der Waals surface area contributed by atoms with Crippen LogP contribution in [0.2, 0.25) is 0 Å². The van der Waals surface area contributed by atoms with Crippen LogP contribution in [-0.2, 0) is 4.79 Å². The molecule has 0 aliphatic heterocycles. The van der Waals surface area contributed by atoms with Gasteiger partial charge in [-0.3, -0.25) is 4.79 Å². The molecule has 0 saturated heterocycles. The van der Waals surface area contributed by atoms with Crippen LogP contribution in [0.25, 0.3) is 21.9 Å². The van der Waals surface area contributed by atoms with Crippen LogP contribution in [0.15, 0.2) is 71.1 Å². The van der Waals surface area contributed by atoms with Gasteiger partial charge in [0.25, 0.3) is 5.91 Å². The lowest BCUT2D eigenvalue weighted by Gasteiger charge is -2.11. The Bertz CT molecular complexity index is 1110. The summed E-state index contributed by atoms with van der Waals surface area (Å²) >= 11 is 0. The number of hydrogen-bond donors (Lipinski definition) is 1. The van der Waals surface area contributed by atoms with Crippen LogP contribution in [0.1, 0.15) is 31.7 Å². The Labute approximate surface area is 164 Å². The molecule has 0 fully saturated rings. The summed E-state index contributed by atoms with van der Waals surface area (Å²) in [5.41, 5.74) is 3.55. The molecule has 4 aromatic rings. The molecule has 1 atom stereocenters. The average molecular weight is 373 g/mol. The number of carbonyl (C=O) groups excluding carboxylic acids is 1. The Balaban J connectivity index is 1.40. The van der Waals surface area contributed by atoms with Crippen molar-refractivity contribution in [2.75, 3.05) is 11.9 Å². The Kier molecular flexibility index (Phi) is 5.02. The van der Waals surface area contributed by atoms with Crippen molar-refractivity contribution in [3.05, 3.63) is 72.3 Å². The van der Waals surface area contributed by atoms with Crippen molar-refractivity contribution in [3.63, 3.8) is 0 Å². The first-order valence-corrected chi connectivity index (χ1v) is 9.58. The summed E-state index contributed by atoms with van der Waals surface area (Å²) in [4.78, 5) is 12.2. The van der Waals surface area contributed by atoms with Crippen LogP contribution in [-0.4, -0.2) is 12.5 Å². The molecule has 0 saturated carbocycles. The van der Waals surface area contributed by atoms with Crippen molar-refractivity contribution in [1.29, 1.82) is 0 Å².